The standard InChI is InChI=1S/C33H39F2N3O7/c1-6-21-22-9-8-18(29(40)37-32(3)16-44-17-32)12-26(22)45-28(21)30(41)38(19-13-20(14-19)43-5)33(4,7-2)31(42)36-15-23-25(39)11-10-24(34)27(23)35/h8-12,19-20,39H,6-7,13-17H2,1-5H3,(H,36,42)(H,37,40). The number of hydrogen-bond donors (Lipinski definition) is 3. The van der Waals surface area contributed by atoms with Crippen molar-refractivity contribution in [2.45, 2.75) is 83.1 Å². The number of rotatable bonds is 11. The first-order chi connectivity index (χ1) is 21.4. The number of phenolic OH excluding ortho intramolecular Hbond substituents is 1. The second kappa shape index (κ2) is 12.4. The maximum Gasteiger partial charge on any atom is 0.291 e. The number of methoxy groups -OCH3 is 1. The minimum atomic E-state index is -1.44. The van der Waals surface area contributed by atoms with Gasteiger partial charge in [0.1, 0.15) is 16.9 Å². The quantitative estimate of drug-likeness (QED) is 0.283. The van der Waals surface area contributed by atoms with E-state index in [9.17, 15) is 28.3 Å². The predicted molar refractivity (Wildman–Crippen MR) is 161 cm³/mol. The van der Waals surface area contributed by atoms with E-state index in [1.54, 1.807) is 39.2 Å². The van der Waals surface area contributed by atoms with Gasteiger partial charge in [-0.05, 0) is 63.8 Å². The number of carbonyl (C=O) groups is 3. The number of furan rings is 1. The van der Waals surface area contributed by atoms with E-state index < -0.39 is 52.4 Å². The molecule has 0 bridgehead atoms. The summed E-state index contributed by atoms with van der Waals surface area (Å²) in [5, 5.41) is 16.3. The normalized spacial score (nSPS) is 20.1. The van der Waals surface area contributed by atoms with Crippen LogP contribution in [0.3, 0.4) is 0 Å². The van der Waals surface area contributed by atoms with Gasteiger partial charge in [0.2, 0.25) is 5.91 Å². The number of phenols is 1. The number of amides is 3. The van der Waals surface area contributed by atoms with Crippen molar-refractivity contribution >= 4 is 28.7 Å². The average molecular weight is 628 g/mol. The summed E-state index contributed by atoms with van der Waals surface area (Å²) < 4.78 is 45.2. The molecule has 0 spiro atoms. The van der Waals surface area contributed by atoms with Crippen LogP contribution in [0, 0.1) is 11.6 Å². The number of hydrogen-bond acceptors (Lipinski definition) is 7. The Kier molecular flexibility index (Phi) is 8.92. The lowest BCUT2D eigenvalue weighted by molar-refractivity contribution is -0.136. The largest absolute Gasteiger partial charge is 0.507 e. The van der Waals surface area contributed by atoms with Crippen molar-refractivity contribution in [2.24, 2.45) is 0 Å². The molecule has 45 heavy (non-hydrogen) atoms. The number of carbonyl (C=O) groups excluding carboxylic acids is 3. The third-order valence-corrected chi connectivity index (χ3v) is 9.15. The van der Waals surface area contributed by atoms with Gasteiger partial charge in [-0.25, -0.2) is 8.78 Å². The van der Waals surface area contributed by atoms with Crippen LogP contribution in [0.4, 0.5) is 8.78 Å². The van der Waals surface area contributed by atoms with Gasteiger partial charge in [0, 0.05) is 36.2 Å². The molecule has 1 saturated heterocycles. The Balaban J connectivity index is 1.47. The molecule has 3 amide bonds. The van der Waals surface area contributed by atoms with Crippen LogP contribution >= 0.6 is 0 Å². The number of ether oxygens (including phenoxy) is 2. The molecule has 1 aromatic heterocycles. The third-order valence-electron chi connectivity index (χ3n) is 9.15. The lowest BCUT2D eigenvalue weighted by Crippen LogP contribution is -2.65. The minimum absolute atomic E-state index is 0.0616. The summed E-state index contributed by atoms with van der Waals surface area (Å²) in [6.07, 6.45) is 1.50. The second-order valence-corrected chi connectivity index (χ2v) is 12.3. The van der Waals surface area contributed by atoms with Gasteiger partial charge in [-0.15, -0.1) is 0 Å². The van der Waals surface area contributed by atoms with E-state index in [1.165, 1.54) is 4.90 Å². The molecule has 12 heteroatoms. The van der Waals surface area contributed by atoms with Gasteiger partial charge in [0.15, 0.2) is 17.4 Å². The number of nitrogens with zero attached hydrogens (tertiary/aromatic N) is 1. The maximum absolute atomic E-state index is 14.5. The molecule has 1 aliphatic heterocycles. The third kappa shape index (κ3) is 5.88. The van der Waals surface area contributed by atoms with Crippen molar-refractivity contribution in [1.29, 1.82) is 0 Å². The number of fused-ring (bicyclic) bond motifs is 1. The molecule has 1 atom stereocenters. The Morgan fingerprint density at radius 1 is 1.13 bits per heavy atom. The van der Waals surface area contributed by atoms with Crippen LogP contribution in [0.1, 0.15) is 79.0 Å². The molecule has 0 radical (unpaired) electrons. The van der Waals surface area contributed by atoms with E-state index in [0.29, 0.717) is 54.6 Å². The molecule has 3 N–H and O–H groups in total. The van der Waals surface area contributed by atoms with Gasteiger partial charge in [0.05, 0.1) is 30.4 Å². The fourth-order valence-electron chi connectivity index (χ4n) is 6.04. The van der Waals surface area contributed by atoms with E-state index in [4.69, 9.17) is 13.9 Å². The number of aromatic hydroxyl groups is 1. The Hall–Kier alpha value is -4.03. The molecule has 1 aliphatic carbocycles. The van der Waals surface area contributed by atoms with Gasteiger partial charge >= 0.3 is 0 Å². The molecule has 5 rings (SSSR count). The van der Waals surface area contributed by atoms with Gasteiger partial charge < -0.3 is 34.5 Å². The molecule has 1 saturated carbocycles. The van der Waals surface area contributed by atoms with Crippen LogP contribution in [0.25, 0.3) is 11.0 Å². The van der Waals surface area contributed by atoms with Crippen LogP contribution < -0.4 is 10.6 Å². The Labute approximate surface area is 260 Å². The summed E-state index contributed by atoms with van der Waals surface area (Å²) in [6, 6.07) is 6.47. The lowest BCUT2D eigenvalue weighted by atomic mass is 9.82. The lowest BCUT2D eigenvalue weighted by Gasteiger charge is -2.49. The number of benzene rings is 2. The summed E-state index contributed by atoms with van der Waals surface area (Å²) in [5.41, 5.74) is -0.906. The molecule has 10 nitrogen and oxygen atoms in total. The highest BCUT2D eigenvalue weighted by molar-refractivity contribution is 6.04. The van der Waals surface area contributed by atoms with Crippen LogP contribution in [-0.4, -0.2) is 71.3 Å². The molecule has 2 aliphatic rings. The first-order valence-corrected chi connectivity index (χ1v) is 15.1. The molecular formula is C33H39F2N3O7. The van der Waals surface area contributed by atoms with Crippen molar-refractivity contribution in [3.8, 4) is 5.75 Å². The summed E-state index contributed by atoms with van der Waals surface area (Å²) in [6.45, 7) is 7.51. The zero-order valence-electron chi connectivity index (χ0n) is 26.1. The average Bonchev–Trinajstić information content (AvgIpc) is 3.37. The molecule has 242 valence electrons. The first-order valence-electron chi connectivity index (χ1n) is 15.1. The minimum Gasteiger partial charge on any atom is -0.507 e. The molecule has 2 fully saturated rings. The zero-order chi connectivity index (χ0) is 32.7. The van der Waals surface area contributed by atoms with E-state index >= 15 is 0 Å². The van der Waals surface area contributed by atoms with E-state index in [2.05, 4.69) is 10.6 Å². The molecule has 2 aromatic carbocycles. The molecule has 3 aromatic rings. The topological polar surface area (TPSA) is 130 Å². The smallest absolute Gasteiger partial charge is 0.291 e. The van der Waals surface area contributed by atoms with Crippen molar-refractivity contribution in [3.63, 3.8) is 0 Å². The van der Waals surface area contributed by atoms with E-state index in [1.807, 2.05) is 13.8 Å². The van der Waals surface area contributed by atoms with E-state index in [0.717, 1.165) is 12.1 Å². The molecule has 2 heterocycles. The highest BCUT2D eigenvalue weighted by atomic mass is 19.2. The van der Waals surface area contributed by atoms with E-state index in [-0.39, 0.29) is 30.2 Å². The Morgan fingerprint density at radius 2 is 1.84 bits per heavy atom. The van der Waals surface area contributed by atoms with Crippen LogP contribution in [0.2, 0.25) is 0 Å². The summed E-state index contributed by atoms with van der Waals surface area (Å²) in [7, 11) is 1.58. The number of aryl methyl sites for hydroxylation is 1. The van der Waals surface area contributed by atoms with Crippen LogP contribution in [0.5, 0.6) is 5.75 Å². The van der Waals surface area contributed by atoms with Gasteiger partial charge in [-0.2, -0.15) is 0 Å². The van der Waals surface area contributed by atoms with Crippen molar-refractivity contribution in [1.82, 2.24) is 15.5 Å². The molecule has 1 unspecified atom stereocenters. The van der Waals surface area contributed by atoms with Crippen LogP contribution in [-0.2, 0) is 27.2 Å². The Bertz CT molecular complexity index is 1630. The van der Waals surface area contributed by atoms with Gasteiger partial charge in [0.25, 0.3) is 11.8 Å². The SMILES string of the molecule is CCc1c(C(=O)N(C2CC(OC)C2)C(C)(CC)C(=O)NCc2c(O)ccc(F)c2F)oc2cc(C(=O)NC3(C)COC3)ccc12. The predicted octanol–water partition coefficient (Wildman–Crippen LogP) is 4.60. The highest BCUT2D eigenvalue weighted by Crippen LogP contribution is 2.38. The van der Waals surface area contributed by atoms with Crippen molar-refractivity contribution in [2.75, 3.05) is 20.3 Å². The van der Waals surface area contributed by atoms with Gasteiger partial charge in [-0.3, -0.25) is 14.4 Å². The maximum atomic E-state index is 14.5. The number of nitrogens with one attached hydrogen (secondary N) is 2. The number of halogens is 2. The summed E-state index contributed by atoms with van der Waals surface area (Å²) in [4.78, 5) is 42.8. The van der Waals surface area contributed by atoms with Crippen molar-refractivity contribution in [3.05, 3.63) is 64.4 Å². The second-order valence-electron chi connectivity index (χ2n) is 12.3. The fourth-order valence-corrected chi connectivity index (χ4v) is 6.04. The van der Waals surface area contributed by atoms with Crippen molar-refractivity contribution < 1.29 is 42.2 Å². The van der Waals surface area contributed by atoms with Crippen LogP contribution in [0.15, 0.2) is 34.7 Å². The monoisotopic (exact) mass is 627 g/mol. The summed E-state index contributed by atoms with van der Waals surface area (Å²) in [5.74, 6) is -4.26. The molecular weight excluding hydrogens is 588 g/mol. The fraction of sp³-hybridized carbons (Fsp3) is 0.485. The summed E-state index contributed by atoms with van der Waals surface area (Å²) >= 11 is 0. The highest BCUT2D eigenvalue weighted by Gasteiger charge is 2.49. The Morgan fingerprint density at radius 3 is 2.44 bits per heavy atom. The van der Waals surface area contributed by atoms with Gasteiger partial charge in [-0.1, -0.05) is 19.9 Å². The first kappa shape index (κ1) is 32.4. The zero-order valence-corrected chi connectivity index (χ0v) is 26.1.